The zero-order valence-corrected chi connectivity index (χ0v) is 19.2. The average molecular weight is 471 g/mol. The van der Waals surface area contributed by atoms with Crippen molar-refractivity contribution in [3.63, 3.8) is 0 Å². The van der Waals surface area contributed by atoms with Crippen molar-refractivity contribution in [1.82, 2.24) is 9.55 Å². The third-order valence-corrected chi connectivity index (χ3v) is 6.84. The lowest BCUT2D eigenvalue weighted by atomic mass is 10.0. The lowest BCUT2D eigenvalue weighted by molar-refractivity contribution is 0.0785. The van der Waals surface area contributed by atoms with Crippen LogP contribution in [0.5, 0.6) is 0 Å². The number of aliphatic hydroxyl groups excluding tert-OH is 1. The number of halogens is 1. The summed E-state index contributed by atoms with van der Waals surface area (Å²) in [5, 5.41) is 12.4. The standard InChI is InChI=1S/C24H23ClN2O4S/c1-16-8-10-20(11-9-16)32(29,30)31-15-21(28)24(18-6-4-3-5-7-18)27-13-12-19-14-22(25)26-17(2)23(19)27/h3-14,21,24,28H,15H2,1-2H3. The maximum absolute atomic E-state index is 12.6. The third-order valence-electron chi connectivity index (χ3n) is 5.35. The van der Waals surface area contributed by atoms with E-state index in [4.69, 9.17) is 15.8 Å². The van der Waals surface area contributed by atoms with Gasteiger partial charge in [-0.3, -0.25) is 4.18 Å². The van der Waals surface area contributed by atoms with Crippen molar-refractivity contribution >= 4 is 32.6 Å². The highest BCUT2D eigenvalue weighted by Gasteiger charge is 2.27. The van der Waals surface area contributed by atoms with Crippen molar-refractivity contribution in [2.24, 2.45) is 0 Å². The molecule has 2 aromatic carbocycles. The van der Waals surface area contributed by atoms with Crippen molar-refractivity contribution < 1.29 is 17.7 Å². The molecule has 0 radical (unpaired) electrons. The molecular weight excluding hydrogens is 448 g/mol. The van der Waals surface area contributed by atoms with Gasteiger partial charge in [-0.2, -0.15) is 8.42 Å². The Morgan fingerprint density at radius 2 is 1.75 bits per heavy atom. The number of pyridine rings is 1. The average Bonchev–Trinajstić information content (AvgIpc) is 3.17. The molecule has 2 atom stereocenters. The fraction of sp³-hybridized carbons (Fsp3) is 0.208. The lowest BCUT2D eigenvalue weighted by Crippen LogP contribution is -2.30. The number of aliphatic hydroxyl groups is 1. The van der Waals surface area contributed by atoms with Crippen molar-refractivity contribution in [3.05, 3.63) is 94.9 Å². The number of rotatable bonds is 7. The van der Waals surface area contributed by atoms with Gasteiger partial charge in [0, 0.05) is 11.6 Å². The Balaban J connectivity index is 1.68. The molecule has 0 aliphatic rings. The van der Waals surface area contributed by atoms with Crippen LogP contribution in [-0.2, 0) is 14.3 Å². The predicted molar refractivity (Wildman–Crippen MR) is 124 cm³/mol. The summed E-state index contributed by atoms with van der Waals surface area (Å²) in [7, 11) is -4.01. The van der Waals surface area contributed by atoms with Crippen LogP contribution < -0.4 is 0 Å². The molecule has 1 N–H and O–H groups in total. The van der Waals surface area contributed by atoms with E-state index < -0.39 is 28.9 Å². The van der Waals surface area contributed by atoms with Crippen LogP contribution in [0.25, 0.3) is 10.9 Å². The minimum absolute atomic E-state index is 0.0488. The van der Waals surface area contributed by atoms with Gasteiger partial charge >= 0.3 is 0 Å². The van der Waals surface area contributed by atoms with Crippen LogP contribution >= 0.6 is 11.6 Å². The second kappa shape index (κ2) is 9.03. The van der Waals surface area contributed by atoms with Gasteiger partial charge in [-0.1, -0.05) is 59.6 Å². The number of nitrogens with zero attached hydrogens (tertiary/aromatic N) is 2. The van der Waals surface area contributed by atoms with Crippen LogP contribution in [0, 0.1) is 13.8 Å². The molecule has 0 aliphatic carbocycles. The zero-order valence-electron chi connectivity index (χ0n) is 17.6. The lowest BCUT2D eigenvalue weighted by Gasteiger charge is -2.26. The largest absolute Gasteiger partial charge is 0.388 e. The molecule has 2 aromatic heterocycles. The zero-order chi connectivity index (χ0) is 22.9. The van der Waals surface area contributed by atoms with Crippen molar-refractivity contribution in [3.8, 4) is 0 Å². The predicted octanol–water partition coefficient (Wildman–Crippen LogP) is 4.66. The normalized spacial score (nSPS) is 13.9. The van der Waals surface area contributed by atoms with Crippen LogP contribution in [0.2, 0.25) is 5.15 Å². The first-order valence-corrected chi connectivity index (χ1v) is 11.9. The third kappa shape index (κ3) is 4.56. The topological polar surface area (TPSA) is 81.4 Å². The summed E-state index contributed by atoms with van der Waals surface area (Å²) >= 11 is 6.10. The van der Waals surface area contributed by atoms with E-state index in [0.29, 0.717) is 10.8 Å². The summed E-state index contributed by atoms with van der Waals surface area (Å²) in [5.74, 6) is 0. The molecule has 2 heterocycles. The smallest absolute Gasteiger partial charge is 0.297 e. The summed E-state index contributed by atoms with van der Waals surface area (Å²) in [4.78, 5) is 4.39. The molecule has 8 heteroatoms. The van der Waals surface area contributed by atoms with Crippen LogP contribution in [-0.4, -0.2) is 35.8 Å². The highest BCUT2D eigenvalue weighted by atomic mass is 35.5. The summed E-state index contributed by atoms with van der Waals surface area (Å²) < 4.78 is 32.4. The van der Waals surface area contributed by atoms with Gasteiger partial charge in [0.2, 0.25) is 0 Å². The van der Waals surface area contributed by atoms with Gasteiger partial charge < -0.3 is 9.67 Å². The number of benzene rings is 2. The molecule has 32 heavy (non-hydrogen) atoms. The Morgan fingerprint density at radius 1 is 1.06 bits per heavy atom. The maximum atomic E-state index is 12.6. The minimum atomic E-state index is -4.01. The molecule has 0 aliphatic heterocycles. The van der Waals surface area contributed by atoms with Gasteiger partial charge in [0.05, 0.1) is 28.8 Å². The monoisotopic (exact) mass is 470 g/mol. The minimum Gasteiger partial charge on any atom is -0.388 e. The van der Waals surface area contributed by atoms with Gasteiger partial charge in [-0.25, -0.2) is 4.98 Å². The number of fused-ring (bicyclic) bond motifs is 1. The molecule has 166 valence electrons. The second-order valence-electron chi connectivity index (χ2n) is 7.67. The molecule has 0 bridgehead atoms. The first-order chi connectivity index (χ1) is 15.3. The van der Waals surface area contributed by atoms with Crippen LogP contribution in [0.1, 0.15) is 22.9 Å². The fourth-order valence-electron chi connectivity index (χ4n) is 3.82. The summed E-state index contributed by atoms with van der Waals surface area (Å²) in [6, 6.07) is 18.8. The highest BCUT2D eigenvalue weighted by Crippen LogP contribution is 2.31. The Labute approximate surface area is 192 Å². The highest BCUT2D eigenvalue weighted by molar-refractivity contribution is 7.86. The van der Waals surface area contributed by atoms with E-state index in [1.807, 2.05) is 61.0 Å². The van der Waals surface area contributed by atoms with Crippen molar-refractivity contribution in [2.45, 2.75) is 30.9 Å². The Bertz CT molecular complexity index is 1340. The van der Waals surface area contributed by atoms with Crippen LogP contribution in [0.15, 0.2) is 77.8 Å². The molecule has 0 amide bonds. The van der Waals surface area contributed by atoms with Crippen LogP contribution in [0.3, 0.4) is 0 Å². The Hall–Kier alpha value is -2.71. The fourth-order valence-corrected chi connectivity index (χ4v) is 4.99. The van der Waals surface area contributed by atoms with Crippen LogP contribution in [0.4, 0.5) is 0 Å². The number of aryl methyl sites for hydroxylation is 2. The molecule has 4 rings (SSSR count). The Kier molecular flexibility index (Phi) is 6.35. The molecular formula is C24H23ClN2O4S. The number of hydrogen-bond donors (Lipinski definition) is 1. The SMILES string of the molecule is Cc1ccc(S(=O)(=O)OCC(O)C(c2ccccc2)n2ccc3cc(Cl)nc(C)c32)cc1. The van der Waals surface area contributed by atoms with Crippen molar-refractivity contribution in [1.29, 1.82) is 0 Å². The van der Waals surface area contributed by atoms with E-state index in [9.17, 15) is 13.5 Å². The maximum Gasteiger partial charge on any atom is 0.297 e. The molecule has 0 fully saturated rings. The Morgan fingerprint density at radius 3 is 2.44 bits per heavy atom. The first kappa shape index (κ1) is 22.5. The number of aromatic nitrogens is 2. The van der Waals surface area contributed by atoms with E-state index in [1.165, 1.54) is 12.1 Å². The van der Waals surface area contributed by atoms with Crippen molar-refractivity contribution in [2.75, 3.05) is 6.61 Å². The molecule has 0 saturated carbocycles. The summed E-state index contributed by atoms with van der Waals surface area (Å²) in [6.45, 7) is 3.31. The molecule has 4 aromatic rings. The quantitative estimate of drug-likeness (QED) is 0.314. The molecule has 2 unspecified atom stereocenters. The van der Waals surface area contributed by atoms with Gasteiger partial charge in [-0.15, -0.1) is 0 Å². The van der Waals surface area contributed by atoms with E-state index in [-0.39, 0.29) is 4.90 Å². The summed E-state index contributed by atoms with van der Waals surface area (Å²) in [6.07, 6.45) is 0.689. The van der Waals surface area contributed by atoms with Gasteiger partial charge in [0.15, 0.2) is 0 Å². The van der Waals surface area contributed by atoms with E-state index >= 15 is 0 Å². The van der Waals surface area contributed by atoms with E-state index in [0.717, 1.165) is 22.0 Å². The van der Waals surface area contributed by atoms with E-state index in [2.05, 4.69) is 4.98 Å². The molecule has 6 nitrogen and oxygen atoms in total. The number of hydrogen-bond acceptors (Lipinski definition) is 5. The van der Waals surface area contributed by atoms with Gasteiger partial charge in [-0.05, 0) is 43.7 Å². The van der Waals surface area contributed by atoms with Gasteiger partial charge in [0.1, 0.15) is 11.3 Å². The first-order valence-electron chi connectivity index (χ1n) is 10.1. The van der Waals surface area contributed by atoms with Gasteiger partial charge in [0.25, 0.3) is 10.1 Å². The summed E-state index contributed by atoms with van der Waals surface area (Å²) in [5.41, 5.74) is 3.27. The second-order valence-corrected chi connectivity index (χ2v) is 9.67. The molecule has 0 spiro atoms. The molecule has 0 saturated heterocycles. The van der Waals surface area contributed by atoms with E-state index in [1.54, 1.807) is 18.2 Å².